The summed E-state index contributed by atoms with van der Waals surface area (Å²) < 4.78 is 1.73. The minimum Gasteiger partial charge on any atom is -0.307 e. The summed E-state index contributed by atoms with van der Waals surface area (Å²) in [6.45, 7) is 2.06. The molecular weight excluding hydrogens is 262 g/mol. The number of hydrogen-bond acceptors (Lipinski definition) is 2. The number of carbonyl (C=O) groups excluding carboxylic acids is 1. The number of carbonyl (C=O) groups is 1. The lowest BCUT2D eigenvalue weighted by Crippen LogP contribution is -2.18. The van der Waals surface area contributed by atoms with E-state index in [1.807, 2.05) is 25.2 Å². The maximum absolute atomic E-state index is 12.6. The molecule has 2 aromatic rings. The van der Waals surface area contributed by atoms with Crippen molar-refractivity contribution in [2.45, 2.75) is 39.0 Å². The van der Waals surface area contributed by atoms with E-state index in [4.69, 9.17) is 0 Å². The van der Waals surface area contributed by atoms with Gasteiger partial charge in [-0.2, -0.15) is 5.10 Å². The lowest BCUT2D eigenvalue weighted by molar-refractivity contribution is 0.102. The summed E-state index contributed by atoms with van der Waals surface area (Å²) in [5.74, 6) is 0.727. The van der Waals surface area contributed by atoms with Gasteiger partial charge in [0.25, 0.3) is 5.91 Å². The van der Waals surface area contributed by atoms with Crippen molar-refractivity contribution < 1.29 is 4.79 Å². The second kappa shape index (κ2) is 5.72. The van der Waals surface area contributed by atoms with Gasteiger partial charge in [-0.25, -0.2) is 0 Å². The Hall–Kier alpha value is -2.10. The van der Waals surface area contributed by atoms with Gasteiger partial charge < -0.3 is 5.32 Å². The number of fused-ring (bicyclic) bond motifs is 1. The van der Waals surface area contributed by atoms with Crippen LogP contribution in [0.25, 0.3) is 0 Å². The topological polar surface area (TPSA) is 46.9 Å². The average molecular weight is 283 g/mol. The second-order valence-electron chi connectivity index (χ2n) is 5.60. The van der Waals surface area contributed by atoms with E-state index in [0.717, 1.165) is 36.3 Å². The van der Waals surface area contributed by atoms with Crippen molar-refractivity contribution in [2.24, 2.45) is 7.05 Å². The van der Waals surface area contributed by atoms with E-state index in [1.54, 1.807) is 4.68 Å². The van der Waals surface area contributed by atoms with Gasteiger partial charge in [-0.15, -0.1) is 0 Å². The molecule has 1 aliphatic carbocycles. The number of benzene rings is 1. The van der Waals surface area contributed by atoms with Crippen molar-refractivity contribution in [3.8, 4) is 0 Å². The van der Waals surface area contributed by atoms with Crippen molar-refractivity contribution in [1.82, 2.24) is 9.78 Å². The number of nitrogens with zero attached hydrogens (tertiary/aromatic N) is 2. The highest BCUT2D eigenvalue weighted by Gasteiger charge is 2.18. The van der Waals surface area contributed by atoms with Gasteiger partial charge in [0.15, 0.2) is 0 Å². The van der Waals surface area contributed by atoms with E-state index >= 15 is 0 Å². The summed E-state index contributed by atoms with van der Waals surface area (Å²) in [5, 5.41) is 7.36. The van der Waals surface area contributed by atoms with Crippen LogP contribution in [0.15, 0.2) is 24.3 Å². The van der Waals surface area contributed by atoms with Gasteiger partial charge in [-0.3, -0.25) is 9.48 Å². The van der Waals surface area contributed by atoms with Gasteiger partial charge in [0.05, 0.1) is 5.69 Å². The molecule has 0 spiro atoms. The maximum atomic E-state index is 12.6. The first-order chi connectivity index (χ1) is 10.2. The molecule has 1 aliphatic rings. The van der Waals surface area contributed by atoms with Crippen LogP contribution in [0.2, 0.25) is 0 Å². The van der Waals surface area contributed by atoms with Gasteiger partial charge in [0.1, 0.15) is 5.82 Å². The van der Waals surface area contributed by atoms with Crippen molar-refractivity contribution in [1.29, 1.82) is 0 Å². The molecule has 0 aliphatic heterocycles. The second-order valence-corrected chi connectivity index (χ2v) is 5.60. The molecule has 0 fully saturated rings. The minimum atomic E-state index is -0.0283. The van der Waals surface area contributed by atoms with Crippen LogP contribution < -0.4 is 5.32 Å². The van der Waals surface area contributed by atoms with E-state index in [2.05, 4.69) is 23.4 Å². The summed E-state index contributed by atoms with van der Waals surface area (Å²) in [6.07, 6.45) is 5.35. The molecule has 0 saturated heterocycles. The monoisotopic (exact) mass is 283 g/mol. The summed E-state index contributed by atoms with van der Waals surface area (Å²) in [6, 6.07) is 7.99. The zero-order chi connectivity index (χ0) is 14.8. The predicted molar refractivity (Wildman–Crippen MR) is 83.6 cm³/mol. The third-order valence-electron chi connectivity index (χ3n) is 4.17. The Balaban J connectivity index is 1.87. The molecule has 0 radical (unpaired) electrons. The molecule has 21 heavy (non-hydrogen) atoms. The molecule has 0 bridgehead atoms. The van der Waals surface area contributed by atoms with Crippen LogP contribution in [-0.2, 0) is 26.3 Å². The zero-order valence-corrected chi connectivity index (χ0v) is 12.6. The number of rotatable bonds is 3. The molecule has 0 atom stereocenters. The van der Waals surface area contributed by atoms with Gasteiger partial charge in [0, 0.05) is 18.7 Å². The number of nitrogens with one attached hydrogen (secondary N) is 1. The summed E-state index contributed by atoms with van der Waals surface area (Å²) in [4.78, 5) is 12.6. The largest absolute Gasteiger partial charge is 0.307 e. The Morgan fingerprint density at radius 2 is 2.14 bits per heavy atom. The molecule has 1 N–H and O–H groups in total. The number of aryl methyl sites for hydroxylation is 3. The Morgan fingerprint density at radius 1 is 1.33 bits per heavy atom. The summed E-state index contributed by atoms with van der Waals surface area (Å²) in [7, 11) is 1.86. The fourth-order valence-electron chi connectivity index (χ4n) is 2.99. The van der Waals surface area contributed by atoms with Crippen LogP contribution in [0.3, 0.4) is 0 Å². The van der Waals surface area contributed by atoms with Crippen LogP contribution in [0.5, 0.6) is 0 Å². The first-order valence-corrected chi connectivity index (χ1v) is 7.64. The van der Waals surface area contributed by atoms with E-state index in [9.17, 15) is 4.79 Å². The van der Waals surface area contributed by atoms with Crippen LogP contribution in [0, 0.1) is 0 Å². The first-order valence-electron chi connectivity index (χ1n) is 7.64. The van der Waals surface area contributed by atoms with Crippen molar-refractivity contribution in [2.75, 3.05) is 5.32 Å². The minimum absolute atomic E-state index is 0.0283. The predicted octanol–water partition coefficient (Wildman–Crippen LogP) is 3.11. The highest BCUT2D eigenvalue weighted by Crippen LogP contribution is 2.25. The number of amides is 1. The lowest BCUT2D eigenvalue weighted by atomic mass is 9.88. The smallest absolute Gasteiger partial charge is 0.257 e. The van der Waals surface area contributed by atoms with Crippen LogP contribution in [0.1, 0.15) is 46.9 Å². The van der Waals surface area contributed by atoms with Gasteiger partial charge in [-0.05, 0) is 49.3 Å². The molecule has 1 aromatic heterocycles. The number of hydrogen-bond donors (Lipinski definition) is 1. The Labute approximate surface area is 125 Å². The SMILES string of the molecule is CCc1cc(NC(=O)c2cccc3c2CCCC3)n(C)n1. The summed E-state index contributed by atoms with van der Waals surface area (Å²) in [5.41, 5.74) is 4.35. The molecule has 1 aromatic carbocycles. The van der Waals surface area contributed by atoms with Gasteiger partial charge in [-0.1, -0.05) is 19.1 Å². The van der Waals surface area contributed by atoms with E-state index in [-0.39, 0.29) is 5.91 Å². The first kappa shape index (κ1) is 13.9. The van der Waals surface area contributed by atoms with E-state index in [1.165, 1.54) is 24.0 Å². The molecule has 4 heteroatoms. The van der Waals surface area contributed by atoms with Gasteiger partial charge in [0.2, 0.25) is 0 Å². The third kappa shape index (κ3) is 2.71. The Morgan fingerprint density at radius 3 is 2.90 bits per heavy atom. The molecule has 0 unspecified atom stereocenters. The summed E-state index contributed by atoms with van der Waals surface area (Å²) >= 11 is 0. The van der Waals surface area contributed by atoms with Crippen molar-refractivity contribution >= 4 is 11.7 Å². The standard InChI is InChI=1S/C17H21N3O/c1-3-13-11-16(20(2)19-13)18-17(21)15-10-6-8-12-7-4-5-9-14(12)15/h6,8,10-11H,3-5,7,9H2,1-2H3,(H,18,21). The quantitative estimate of drug-likeness (QED) is 0.940. The van der Waals surface area contributed by atoms with Gasteiger partial charge >= 0.3 is 0 Å². The van der Waals surface area contributed by atoms with Crippen LogP contribution in [-0.4, -0.2) is 15.7 Å². The highest BCUT2D eigenvalue weighted by molar-refractivity contribution is 6.05. The fraction of sp³-hybridized carbons (Fsp3) is 0.412. The molecule has 3 rings (SSSR count). The maximum Gasteiger partial charge on any atom is 0.257 e. The van der Waals surface area contributed by atoms with Crippen LogP contribution >= 0.6 is 0 Å². The normalized spacial score (nSPS) is 13.8. The average Bonchev–Trinajstić information content (AvgIpc) is 2.87. The Kier molecular flexibility index (Phi) is 3.78. The molecule has 1 amide bonds. The Bertz CT molecular complexity index is 673. The van der Waals surface area contributed by atoms with E-state index < -0.39 is 0 Å². The molecule has 110 valence electrons. The molecule has 1 heterocycles. The number of anilines is 1. The molecular formula is C17H21N3O. The fourth-order valence-corrected chi connectivity index (χ4v) is 2.99. The molecule has 0 saturated carbocycles. The van der Waals surface area contributed by atoms with Crippen molar-refractivity contribution in [3.05, 3.63) is 46.6 Å². The highest BCUT2D eigenvalue weighted by atomic mass is 16.1. The van der Waals surface area contributed by atoms with Crippen molar-refractivity contribution in [3.63, 3.8) is 0 Å². The van der Waals surface area contributed by atoms with E-state index in [0.29, 0.717) is 0 Å². The lowest BCUT2D eigenvalue weighted by Gasteiger charge is -2.18. The zero-order valence-electron chi connectivity index (χ0n) is 12.6. The number of aromatic nitrogens is 2. The third-order valence-corrected chi connectivity index (χ3v) is 4.17. The molecule has 4 nitrogen and oxygen atoms in total. The van der Waals surface area contributed by atoms with Crippen LogP contribution in [0.4, 0.5) is 5.82 Å².